The minimum absolute atomic E-state index is 0.0288. The van der Waals surface area contributed by atoms with Crippen LogP contribution in [-0.4, -0.2) is 22.8 Å². The average molecular weight is 308 g/mol. The van der Waals surface area contributed by atoms with Crippen LogP contribution >= 0.6 is 0 Å². The number of nitrogens with one attached hydrogen (secondary N) is 1. The molecular weight excluding hydrogens is 288 g/mol. The molecule has 118 valence electrons. The highest BCUT2D eigenvalue weighted by molar-refractivity contribution is 5.97. The van der Waals surface area contributed by atoms with Gasteiger partial charge in [0.25, 0.3) is 5.91 Å². The molecule has 4 nitrogen and oxygen atoms in total. The van der Waals surface area contributed by atoms with Gasteiger partial charge in [-0.1, -0.05) is 25.1 Å². The van der Waals surface area contributed by atoms with E-state index in [2.05, 4.69) is 11.9 Å². The third-order valence-corrected chi connectivity index (χ3v) is 4.66. The molecule has 1 aromatic carbocycles. The van der Waals surface area contributed by atoms with Crippen molar-refractivity contribution >= 4 is 16.8 Å². The number of amides is 1. The summed E-state index contributed by atoms with van der Waals surface area (Å²) in [5.41, 5.74) is 1.59. The summed E-state index contributed by atoms with van der Waals surface area (Å²) in [5.74, 6) is 3.15. The normalized spacial score (nSPS) is 19.9. The first kappa shape index (κ1) is 14.1. The standard InChI is InChI=1S/C19H20N2O2/c1-12-9-15(12)18-8-7-14(23-18)11-21(2)19(22)17-10-13-5-3-4-6-16(13)20-17/h3-8,10,12,15,20H,9,11H2,1-2H3/t12-,15-/m0/s1. The van der Waals surface area contributed by atoms with Gasteiger partial charge in [-0.05, 0) is 36.6 Å². The summed E-state index contributed by atoms with van der Waals surface area (Å²) < 4.78 is 5.89. The highest BCUT2D eigenvalue weighted by Gasteiger charge is 2.36. The molecule has 1 saturated carbocycles. The molecule has 3 aromatic rings. The first-order valence-corrected chi connectivity index (χ1v) is 8.03. The topological polar surface area (TPSA) is 49.2 Å². The number of hydrogen-bond donors (Lipinski definition) is 1. The van der Waals surface area contributed by atoms with Gasteiger partial charge in [-0.3, -0.25) is 4.79 Å². The third-order valence-electron chi connectivity index (χ3n) is 4.66. The van der Waals surface area contributed by atoms with Gasteiger partial charge in [0, 0.05) is 23.9 Å². The second kappa shape index (κ2) is 5.30. The van der Waals surface area contributed by atoms with Gasteiger partial charge < -0.3 is 14.3 Å². The number of rotatable bonds is 4. The zero-order valence-electron chi connectivity index (χ0n) is 13.4. The predicted octanol–water partition coefficient (Wildman–Crippen LogP) is 4.16. The molecule has 0 aliphatic heterocycles. The van der Waals surface area contributed by atoms with Crippen LogP contribution in [0, 0.1) is 5.92 Å². The molecule has 2 aromatic heterocycles. The van der Waals surface area contributed by atoms with Crippen LogP contribution in [0.15, 0.2) is 46.9 Å². The van der Waals surface area contributed by atoms with E-state index >= 15 is 0 Å². The van der Waals surface area contributed by atoms with Crippen LogP contribution in [0.2, 0.25) is 0 Å². The molecule has 1 amide bonds. The molecule has 2 heterocycles. The minimum atomic E-state index is -0.0288. The molecule has 0 spiro atoms. The molecule has 4 rings (SSSR count). The fourth-order valence-corrected chi connectivity index (χ4v) is 3.10. The van der Waals surface area contributed by atoms with E-state index in [0.29, 0.717) is 18.2 Å². The summed E-state index contributed by atoms with van der Waals surface area (Å²) in [7, 11) is 1.80. The van der Waals surface area contributed by atoms with Gasteiger partial charge in [0.2, 0.25) is 0 Å². The molecular formula is C19H20N2O2. The molecule has 0 radical (unpaired) electrons. The largest absolute Gasteiger partial charge is 0.464 e. The Hall–Kier alpha value is -2.49. The zero-order chi connectivity index (χ0) is 16.0. The summed E-state index contributed by atoms with van der Waals surface area (Å²) in [6, 6.07) is 13.8. The van der Waals surface area contributed by atoms with Gasteiger partial charge in [0.15, 0.2) is 0 Å². The van der Waals surface area contributed by atoms with E-state index in [9.17, 15) is 4.79 Å². The Morgan fingerprint density at radius 3 is 2.83 bits per heavy atom. The van der Waals surface area contributed by atoms with Gasteiger partial charge in [0.1, 0.15) is 17.2 Å². The van der Waals surface area contributed by atoms with E-state index in [1.165, 1.54) is 6.42 Å². The maximum Gasteiger partial charge on any atom is 0.270 e. The average Bonchev–Trinajstić information content (AvgIpc) is 2.97. The SMILES string of the molecule is C[C@H]1C[C@@H]1c1ccc(CN(C)C(=O)c2cc3ccccc3[nH]2)o1. The molecule has 1 aliphatic carbocycles. The fraction of sp³-hybridized carbons (Fsp3) is 0.316. The van der Waals surface area contributed by atoms with Gasteiger partial charge in [-0.2, -0.15) is 0 Å². The van der Waals surface area contributed by atoms with Gasteiger partial charge in [-0.15, -0.1) is 0 Å². The Kier molecular flexibility index (Phi) is 3.26. The molecule has 1 fully saturated rings. The van der Waals surface area contributed by atoms with E-state index in [1.807, 2.05) is 42.5 Å². The summed E-state index contributed by atoms with van der Waals surface area (Å²) in [5, 5.41) is 1.05. The number of aromatic amines is 1. The maximum atomic E-state index is 12.6. The van der Waals surface area contributed by atoms with Crippen LogP contribution in [-0.2, 0) is 6.54 Å². The van der Waals surface area contributed by atoms with Crippen LogP contribution in [0.4, 0.5) is 0 Å². The monoisotopic (exact) mass is 308 g/mol. The lowest BCUT2D eigenvalue weighted by Gasteiger charge is -2.14. The van der Waals surface area contributed by atoms with Gasteiger partial charge in [-0.25, -0.2) is 0 Å². The van der Waals surface area contributed by atoms with E-state index in [0.717, 1.165) is 28.3 Å². The van der Waals surface area contributed by atoms with Crippen molar-refractivity contribution in [2.45, 2.75) is 25.8 Å². The number of benzene rings is 1. The summed E-state index contributed by atoms with van der Waals surface area (Å²) in [6.07, 6.45) is 1.21. The molecule has 1 N–H and O–H groups in total. The first-order valence-electron chi connectivity index (χ1n) is 8.03. The lowest BCUT2D eigenvalue weighted by molar-refractivity contribution is 0.0770. The fourth-order valence-electron chi connectivity index (χ4n) is 3.10. The Morgan fingerprint density at radius 2 is 2.09 bits per heavy atom. The maximum absolute atomic E-state index is 12.6. The smallest absolute Gasteiger partial charge is 0.270 e. The highest BCUT2D eigenvalue weighted by atomic mass is 16.3. The van der Waals surface area contributed by atoms with Crippen molar-refractivity contribution in [3.63, 3.8) is 0 Å². The first-order chi connectivity index (χ1) is 11.1. The van der Waals surface area contributed by atoms with Crippen LogP contribution in [0.25, 0.3) is 10.9 Å². The van der Waals surface area contributed by atoms with Crippen LogP contribution in [0.5, 0.6) is 0 Å². The Balaban J connectivity index is 1.48. The number of carbonyl (C=O) groups excluding carboxylic acids is 1. The van der Waals surface area contributed by atoms with E-state index in [4.69, 9.17) is 4.42 Å². The lowest BCUT2D eigenvalue weighted by atomic mass is 10.2. The van der Waals surface area contributed by atoms with Crippen molar-refractivity contribution in [2.75, 3.05) is 7.05 Å². The molecule has 2 atom stereocenters. The van der Waals surface area contributed by atoms with E-state index < -0.39 is 0 Å². The van der Waals surface area contributed by atoms with Crippen molar-refractivity contribution in [1.29, 1.82) is 0 Å². The summed E-state index contributed by atoms with van der Waals surface area (Å²) in [6.45, 7) is 2.72. The predicted molar refractivity (Wildman–Crippen MR) is 89.3 cm³/mol. The van der Waals surface area contributed by atoms with E-state index in [1.54, 1.807) is 11.9 Å². The summed E-state index contributed by atoms with van der Waals surface area (Å²) >= 11 is 0. The number of nitrogens with zero attached hydrogens (tertiary/aromatic N) is 1. The number of fused-ring (bicyclic) bond motifs is 1. The van der Waals surface area contributed by atoms with Crippen molar-refractivity contribution in [1.82, 2.24) is 9.88 Å². The molecule has 23 heavy (non-hydrogen) atoms. The number of furan rings is 1. The van der Waals surface area contributed by atoms with Crippen molar-refractivity contribution in [3.8, 4) is 0 Å². The van der Waals surface area contributed by atoms with Crippen LogP contribution in [0.3, 0.4) is 0 Å². The van der Waals surface area contributed by atoms with Crippen molar-refractivity contribution < 1.29 is 9.21 Å². The second-order valence-corrected chi connectivity index (χ2v) is 6.56. The van der Waals surface area contributed by atoms with Crippen molar-refractivity contribution in [2.24, 2.45) is 5.92 Å². The second-order valence-electron chi connectivity index (χ2n) is 6.56. The minimum Gasteiger partial charge on any atom is -0.464 e. The lowest BCUT2D eigenvalue weighted by Crippen LogP contribution is -2.26. The Morgan fingerprint density at radius 1 is 1.30 bits per heavy atom. The molecule has 1 aliphatic rings. The number of hydrogen-bond acceptors (Lipinski definition) is 2. The summed E-state index contributed by atoms with van der Waals surface area (Å²) in [4.78, 5) is 17.4. The van der Waals surface area contributed by atoms with Crippen molar-refractivity contribution in [3.05, 3.63) is 59.7 Å². The number of para-hydroxylation sites is 1. The van der Waals surface area contributed by atoms with Crippen LogP contribution in [0.1, 0.15) is 41.3 Å². The quantitative estimate of drug-likeness (QED) is 0.787. The van der Waals surface area contributed by atoms with Gasteiger partial charge >= 0.3 is 0 Å². The van der Waals surface area contributed by atoms with Crippen LogP contribution < -0.4 is 0 Å². The molecule has 4 heteroatoms. The zero-order valence-corrected chi connectivity index (χ0v) is 13.4. The molecule has 0 unspecified atom stereocenters. The molecule has 0 bridgehead atoms. The Bertz CT molecular complexity index is 828. The van der Waals surface area contributed by atoms with Gasteiger partial charge in [0.05, 0.1) is 6.54 Å². The molecule has 0 saturated heterocycles. The number of H-pyrrole nitrogens is 1. The van der Waals surface area contributed by atoms with E-state index in [-0.39, 0.29) is 5.91 Å². The number of aromatic nitrogens is 1. The highest BCUT2D eigenvalue weighted by Crippen LogP contribution is 2.47. The third kappa shape index (κ3) is 2.65. The Labute approximate surface area is 135 Å². The number of carbonyl (C=O) groups is 1.